The molecule has 1 aromatic heterocycles. The summed E-state index contributed by atoms with van der Waals surface area (Å²) in [6.45, 7) is -0.0291. The van der Waals surface area contributed by atoms with Crippen molar-refractivity contribution in [2.75, 3.05) is 13.2 Å². The molecule has 0 aliphatic rings. The number of hydrogen-bond donors (Lipinski definition) is 1. The first kappa shape index (κ1) is 22.9. The van der Waals surface area contributed by atoms with E-state index in [9.17, 15) is 19.7 Å². The minimum absolute atomic E-state index is 0.0333. The number of nitrogens with zero attached hydrogens (tertiary/aromatic N) is 5. The Labute approximate surface area is 187 Å². The van der Waals surface area contributed by atoms with E-state index in [1.54, 1.807) is 7.05 Å². The third-order valence-corrected chi connectivity index (χ3v) is 5.41. The van der Waals surface area contributed by atoms with Gasteiger partial charge in [-0.25, -0.2) is 9.48 Å². The van der Waals surface area contributed by atoms with Crippen molar-refractivity contribution in [2.45, 2.75) is 22.9 Å². The molecule has 0 aliphatic carbocycles. The van der Waals surface area contributed by atoms with Crippen LogP contribution in [-0.4, -0.2) is 50.2 Å². The van der Waals surface area contributed by atoms with E-state index in [1.165, 1.54) is 22.4 Å². The van der Waals surface area contributed by atoms with Gasteiger partial charge in [0.15, 0.2) is 6.61 Å². The van der Waals surface area contributed by atoms with E-state index in [0.717, 1.165) is 30.7 Å². The van der Waals surface area contributed by atoms with E-state index < -0.39 is 23.4 Å². The van der Waals surface area contributed by atoms with Crippen LogP contribution in [0.25, 0.3) is 0 Å². The van der Waals surface area contributed by atoms with Crippen LogP contribution in [0.3, 0.4) is 0 Å². The van der Waals surface area contributed by atoms with Crippen molar-refractivity contribution in [3.05, 3.63) is 69.8 Å². The van der Waals surface area contributed by atoms with Crippen LogP contribution >= 0.6 is 11.8 Å². The molecule has 12 heteroatoms. The van der Waals surface area contributed by atoms with Gasteiger partial charge in [-0.2, -0.15) is 0 Å². The second-order valence-corrected chi connectivity index (χ2v) is 7.65. The van der Waals surface area contributed by atoms with Crippen molar-refractivity contribution in [1.82, 2.24) is 25.5 Å². The minimum Gasteiger partial charge on any atom is -0.452 e. The quantitative estimate of drug-likeness (QED) is 0.210. The number of carbonyl (C=O) groups excluding carboxylic acids is 2. The lowest BCUT2D eigenvalue weighted by Crippen LogP contribution is -2.29. The molecule has 166 valence electrons. The maximum atomic E-state index is 12.3. The summed E-state index contributed by atoms with van der Waals surface area (Å²) in [7, 11) is 1.60. The number of nitrogens with one attached hydrogen (secondary N) is 1. The molecule has 0 fully saturated rings. The molecular formula is C20H20N6O5S. The standard InChI is InChI=1S/C20H20N6O5S/c1-25-20(22-23-24-25)32-17-10-9-15(12-16(17)26(29)30)19(28)31-13-18(27)21-11-5-8-14-6-3-2-4-7-14/h2-4,6-7,9-10,12H,5,8,11,13H2,1H3,(H,21,27). The number of amides is 1. The van der Waals surface area contributed by atoms with Gasteiger partial charge in [-0.05, 0) is 52.7 Å². The van der Waals surface area contributed by atoms with Gasteiger partial charge in [0.1, 0.15) is 0 Å². The molecule has 0 spiro atoms. The van der Waals surface area contributed by atoms with Crippen molar-refractivity contribution < 1.29 is 19.2 Å². The summed E-state index contributed by atoms with van der Waals surface area (Å²) in [5.41, 5.74) is 0.846. The highest BCUT2D eigenvalue weighted by Crippen LogP contribution is 2.34. The van der Waals surface area contributed by atoms with Crippen LogP contribution in [0, 0.1) is 10.1 Å². The Bertz CT molecular complexity index is 1100. The van der Waals surface area contributed by atoms with Crippen LogP contribution in [0.15, 0.2) is 58.6 Å². The zero-order valence-corrected chi connectivity index (χ0v) is 17.9. The molecule has 0 radical (unpaired) electrons. The fraction of sp³-hybridized carbons (Fsp3) is 0.250. The Morgan fingerprint density at radius 3 is 2.69 bits per heavy atom. The zero-order valence-electron chi connectivity index (χ0n) is 17.1. The number of esters is 1. The van der Waals surface area contributed by atoms with Crippen molar-refractivity contribution in [3.63, 3.8) is 0 Å². The van der Waals surface area contributed by atoms with Crippen molar-refractivity contribution in [2.24, 2.45) is 7.05 Å². The normalized spacial score (nSPS) is 10.5. The van der Waals surface area contributed by atoms with Crippen LogP contribution in [-0.2, 0) is 23.0 Å². The molecule has 3 aromatic rings. The van der Waals surface area contributed by atoms with E-state index in [4.69, 9.17) is 4.74 Å². The van der Waals surface area contributed by atoms with Gasteiger partial charge < -0.3 is 10.1 Å². The van der Waals surface area contributed by atoms with Crippen molar-refractivity contribution in [1.29, 1.82) is 0 Å². The summed E-state index contributed by atoms with van der Waals surface area (Å²) in [6, 6.07) is 13.8. The lowest BCUT2D eigenvalue weighted by molar-refractivity contribution is -0.387. The van der Waals surface area contributed by atoms with Crippen molar-refractivity contribution in [3.8, 4) is 0 Å². The monoisotopic (exact) mass is 456 g/mol. The number of aromatic nitrogens is 4. The van der Waals surface area contributed by atoms with Crippen LogP contribution in [0.1, 0.15) is 22.3 Å². The molecule has 0 saturated heterocycles. The predicted molar refractivity (Wildman–Crippen MR) is 114 cm³/mol. The van der Waals surface area contributed by atoms with Gasteiger partial charge in [-0.1, -0.05) is 30.3 Å². The van der Waals surface area contributed by atoms with Gasteiger partial charge in [-0.15, -0.1) is 5.10 Å². The second-order valence-electron chi connectivity index (χ2n) is 6.64. The first-order valence-electron chi connectivity index (χ1n) is 9.60. The van der Waals surface area contributed by atoms with Crippen LogP contribution < -0.4 is 5.32 Å². The van der Waals surface area contributed by atoms with Gasteiger partial charge in [-0.3, -0.25) is 14.9 Å². The molecule has 0 bridgehead atoms. The molecule has 0 atom stereocenters. The highest BCUT2D eigenvalue weighted by atomic mass is 32.2. The summed E-state index contributed by atoms with van der Waals surface area (Å²) in [5.74, 6) is -1.27. The number of rotatable bonds is 10. The fourth-order valence-electron chi connectivity index (χ4n) is 2.71. The summed E-state index contributed by atoms with van der Waals surface area (Å²) in [5, 5.41) is 25.4. The molecule has 2 aromatic carbocycles. The number of benzene rings is 2. The Hall–Kier alpha value is -3.80. The first-order chi connectivity index (χ1) is 15.4. The molecule has 0 aliphatic heterocycles. The fourth-order valence-corrected chi connectivity index (χ4v) is 3.53. The van der Waals surface area contributed by atoms with Gasteiger partial charge in [0.25, 0.3) is 11.6 Å². The lowest BCUT2D eigenvalue weighted by Gasteiger charge is -2.08. The van der Waals surface area contributed by atoms with Crippen LogP contribution in [0.2, 0.25) is 0 Å². The van der Waals surface area contributed by atoms with Gasteiger partial charge in [0, 0.05) is 19.7 Å². The van der Waals surface area contributed by atoms with E-state index in [0.29, 0.717) is 11.7 Å². The number of tetrazole rings is 1. The maximum Gasteiger partial charge on any atom is 0.338 e. The molecule has 1 N–H and O–H groups in total. The average molecular weight is 456 g/mol. The minimum atomic E-state index is -0.829. The van der Waals surface area contributed by atoms with Crippen molar-refractivity contribution >= 4 is 29.3 Å². The predicted octanol–water partition coefficient (Wildman–Crippen LogP) is 2.18. The van der Waals surface area contributed by atoms with Gasteiger partial charge in [0.05, 0.1) is 15.4 Å². The topological polar surface area (TPSA) is 142 Å². The van der Waals surface area contributed by atoms with Crippen LogP contribution in [0.4, 0.5) is 5.69 Å². The highest BCUT2D eigenvalue weighted by Gasteiger charge is 2.21. The average Bonchev–Trinajstić information content (AvgIpc) is 3.20. The third kappa shape index (κ3) is 6.35. The molecule has 1 amide bonds. The largest absolute Gasteiger partial charge is 0.452 e. The smallest absolute Gasteiger partial charge is 0.338 e. The SMILES string of the molecule is Cn1nnnc1Sc1ccc(C(=O)OCC(=O)NCCCc2ccccc2)cc1[N+](=O)[O-]. The highest BCUT2D eigenvalue weighted by molar-refractivity contribution is 7.99. The summed E-state index contributed by atoms with van der Waals surface area (Å²) in [6.07, 6.45) is 1.56. The number of hydrogen-bond acceptors (Lipinski definition) is 9. The summed E-state index contributed by atoms with van der Waals surface area (Å²) < 4.78 is 6.36. The number of carbonyl (C=O) groups is 2. The van der Waals surface area contributed by atoms with E-state index >= 15 is 0 Å². The number of ether oxygens (including phenoxy) is 1. The van der Waals surface area contributed by atoms with E-state index in [2.05, 4.69) is 20.8 Å². The molecule has 11 nitrogen and oxygen atoms in total. The summed E-state index contributed by atoms with van der Waals surface area (Å²) in [4.78, 5) is 35.3. The molecule has 0 unspecified atom stereocenters. The Kier molecular flexibility index (Phi) is 7.86. The summed E-state index contributed by atoms with van der Waals surface area (Å²) >= 11 is 0.993. The van der Waals surface area contributed by atoms with Gasteiger partial charge in [0.2, 0.25) is 5.16 Å². The maximum absolute atomic E-state index is 12.3. The van der Waals surface area contributed by atoms with E-state index in [1.807, 2.05) is 30.3 Å². The molecule has 1 heterocycles. The van der Waals surface area contributed by atoms with E-state index in [-0.39, 0.29) is 16.1 Å². The van der Waals surface area contributed by atoms with Crippen LogP contribution in [0.5, 0.6) is 0 Å². The number of nitro benzene ring substituents is 1. The molecule has 32 heavy (non-hydrogen) atoms. The molecule has 3 rings (SSSR count). The zero-order chi connectivity index (χ0) is 22.9. The second kappa shape index (κ2) is 11.0. The Morgan fingerprint density at radius 2 is 2.00 bits per heavy atom. The number of nitro groups is 1. The first-order valence-corrected chi connectivity index (χ1v) is 10.4. The molecular weight excluding hydrogens is 436 g/mol. The number of aryl methyl sites for hydroxylation is 2. The Morgan fingerprint density at radius 1 is 1.22 bits per heavy atom. The third-order valence-electron chi connectivity index (χ3n) is 4.32. The van der Waals surface area contributed by atoms with Gasteiger partial charge >= 0.3 is 5.97 Å². The molecule has 0 saturated carbocycles. The lowest BCUT2D eigenvalue weighted by atomic mass is 10.1. The Balaban J connectivity index is 1.50.